The number of anilines is 1. The summed E-state index contributed by atoms with van der Waals surface area (Å²) in [4.78, 5) is 29.0. The van der Waals surface area contributed by atoms with Crippen LogP contribution in [0.1, 0.15) is 58.2 Å². The lowest BCUT2D eigenvalue weighted by Crippen LogP contribution is -2.53. The van der Waals surface area contributed by atoms with Gasteiger partial charge < -0.3 is 15.5 Å². The first kappa shape index (κ1) is 23.9. The second-order valence-electron chi connectivity index (χ2n) is 9.24. The molecule has 2 aliphatic rings. The quantitative estimate of drug-likeness (QED) is 0.614. The first-order chi connectivity index (χ1) is 15.0. The van der Waals surface area contributed by atoms with Crippen LogP contribution in [0.25, 0.3) is 0 Å². The van der Waals surface area contributed by atoms with Crippen LogP contribution in [-0.4, -0.2) is 82.4 Å². The normalized spacial score (nSPS) is 23.5. The monoisotopic (exact) mass is 430 g/mol. The Bertz CT molecular complexity index is 722. The zero-order valence-corrected chi connectivity index (χ0v) is 20.0. The van der Waals surface area contributed by atoms with Crippen molar-refractivity contribution in [2.24, 2.45) is 11.8 Å². The van der Waals surface area contributed by atoms with Crippen molar-refractivity contribution in [3.8, 4) is 0 Å². The Morgan fingerprint density at radius 3 is 2.61 bits per heavy atom. The van der Waals surface area contributed by atoms with Gasteiger partial charge in [0.05, 0.1) is 0 Å². The molecule has 1 amide bonds. The standard InChI is InChI=1S/C24H42N6O/c1-5-9-30-17-18(13-23(31)29(8-4)11-10-28(6-2)7-3)12-19-14-21-20(15-22(19)30)16-26-24(25)27-21/h16,18-19,22H,5-15,17H2,1-4H3,(H2,25,26,27)/t18-,19-,22-/m1/s1. The lowest BCUT2D eigenvalue weighted by atomic mass is 9.73. The van der Waals surface area contributed by atoms with Crippen molar-refractivity contribution in [2.45, 2.75) is 65.8 Å². The average Bonchev–Trinajstić information content (AvgIpc) is 2.75. The van der Waals surface area contributed by atoms with E-state index in [4.69, 9.17) is 5.73 Å². The minimum absolute atomic E-state index is 0.317. The maximum atomic E-state index is 13.2. The van der Waals surface area contributed by atoms with Crippen molar-refractivity contribution in [3.05, 3.63) is 17.5 Å². The lowest BCUT2D eigenvalue weighted by molar-refractivity contribution is -0.133. The van der Waals surface area contributed by atoms with Gasteiger partial charge in [-0.05, 0) is 69.6 Å². The van der Waals surface area contributed by atoms with Gasteiger partial charge >= 0.3 is 0 Å². The molecule has 0 spiro atoms. The zero-order chi connectivity index (χ0) is 22.4. The predicted molar refractivity (Wildman–Crippen MR) is 126 cm³/mol. The highest BCUT2D eigenvalue weighted by Gasteiger charge is 2.40. The number of nitrogen functional groups attached to an aromatic ring is 1. The van der Waals surface area contributed by atoms with Gasteiger partial charge in [-0.15, -0.1) is 0 Å². The van der Waals surface area contributed by atoms with Crippen LogP contribution in [-0.2, 0) is 17.6 Å². The molecule has 174 valence electrons. The second-order valence-corrected chi connectivity index (χ2v) is 9.24. The number of nitrogens with two attached hydrogens (primary N) is 1. The maximum absolute atomic E-state index is 13.2. The first-order valence-electron chi connectivity index (χ1n) is 12.3. The molecule has 3 rings (SSSR count). The summed E-state index contributed by atoms with van der Waals surface area (Å²) in [6.07, 6.45) is 6.79. The highest BCUT2D eigenvalue weighted by Crippen LogP contribution is 2.37. The summed E-state index contributed by atoms with van der Waals surface area (Å²) in [6, 6.07) is 0.538. The van der Waals surface area contributed by atoms with Crippen LogP contribution in [0.3, 0.4) is 0 Å². The van der Waals surface area contributed by atoms with E-state index in [1.165, 1.54) is 5.56 Å². The van der Waals surface area contributed by atoms with Gasteiger partial charge in [0.25, 0.3) is 0 Å². The summed E-state index contributed by atoms with van der Waals surface area (Å²) >= 11 is 0. The molecule has 3 atom stereocenters. The number of aromatic nitrogens is 2. The molecule has 1 fully saturated rings. The molecule has 0 bridgehead atoms. The van der Waals surface area contributed by atoms with Gasteiger partial charge in [-0.25, -0.2) is 9.97 Å². The number of likely N-dealkylation sites (tertiary alicyclic amines) is 1. The maximum Gasteiger partial charge on any atom is 0.222 e. The third-order valence-electron chi connectivity index (χ3n) is 7.29. The fourth-order valence-electron chi connectivity index (χ4n) is 5.55. The molecule has 7 heteroatoms. The summed E-state index contributed by atoms with van der Waals surface area (Å²) in [5.74, 6) is 1.66. The number of hydrogen-bond acceptors (Lipinski definition) is 6. The van der Waals surface area contributed by atoms with E-state index in [1.54, 1.807) is 0 Å². The van der Waals surface area contributed by atoms with E-state index in [1.807, 2.05) is 6.20 Å². The fraction of sp³-hybridized carbons (Fsp3) is 0.792. The number of fused-ring (bicyclic) bond motifs is 2. The second kappa shape index (κ2) is 11.2. The lowest BCUT2D eigenvalue weighted by Gasteiger charge is -2.47. The molecular formula is C24H42N6O. The van der Waals surface area contributed by atoms with Crippen LogP contribution in [0.5, 0.6) is 0 Å². The van der Waals surface area contributed by atoms with Gasteiger partial charge in [0.2, 0.25) is 11.9 Å². The minimum Gasteiger partial charge on any atom is -0.368 e. The van der Waals surface area contributed by atoms with Crippen molar-refractivity contribution in [3.63, 3.8) is 0 Å². The van der Waals surface area contributed by atoms with Crippen LogP contribution in [0, 0.1) is 11.8 Å². The largest absolute Gasteiger partial charge is 0.368 e. The van der Waals surface area contributed by atoms with E-state index in [0.717, 1.165) is 77.2 Å². The molecule has 1 aliphatic heterocycles. The van der Waals surface area contributed by atoms with Gasteiger partial charge in [-0.1, -0.05) is 20.8 Å². The number of carbonyl (C=O) groups excluding carboxylic acids is 1. The molecule has 0 aromatic carbocycles. The van der Waals surface area contributed by atoms with Crippen molar-refractivity contribution < 1.29 is 4.79 Å². The molecule has 1 aromatic rings. The van der Waals surface area contributed by atoms with Crippen molar-refractivity contribution >= 4 is 11.9 Å². The highest BCUT2D eigenvalue weighted by atomic mass is 16.2. The molecule has 1 aromatic heterocycles. The number of amides is 1. The number of likely N-dealkylation sites (N-methyl/N-ethyl adjacent to an activating group) is 2. The molecule has 0 saturated carbocycles. The van der Waals surface area contributed by atoms with Gasteiger partial charge in [0.1, 0.15) is 0 Å². The van der Waals surface area contributed by atoms with Gasteiger partial charge in [-0.3, -0.25) is 9.69 Å². The molecule has 2 heterocycles. The Balaban J connectivity index is 1.65. The van der Waals surface area contributed by atoms with E-state index < -0.39 is 0 Å². The van der Waals surface area contributed by atoms with E-state index >= 15 is 0 Å². The van der Waals surface area contributed by atoms with Crippen molar-refractivity contribution in [1.82, 2.24) is 24.7 Å². The molecule has 0 radical (unpaired) electrons. The molecular weight excluding hydrogens is 388 g/mol. The van der Waals surface area contributed by atoms with E-state index in [-0.39, 0.29) is 0 Å². The van der Waals surface area contributed by atoms with Gasteiger partial charge in [-0.2, -0.15) is 0 Å². The van der Waals surface area contributed by atoms with Crippen LogP contribution < -0.4 is 5.73 Å². The van der Waals surface area contributed by atoms with Crippen LogP contribution in [0.2, 0.25) is 0 Å². The Labute approximate surface area is 188 Å². The number of piperidine rings is 1. The van der Waals surface area contributed by atoms with Crippen LogP contribution in [0.15, 0.2) is 6.20 Å². The first-order valence-corrected chi connectivity index (χ1v) is 12.3. The SMILES string of the molecule is CCCN1C[C@@H](CC(=O)N(CC)CCN(CC)CC)C[C@@H]2Cc3nc(N)ncc3C[C@H]21. The number of nitrogens with zero attached hydrogens (tertiary/aromatic N) is 5. The summed E-state index contributed by atoms with van der Waals surface area (Å²) in [5, 5.41) is 0. The molecule has 2 N–H and O–H groups in total. The molecule has 31 heavy (non-hydrogen) atoms. The van der Waals surface area contributed by atoms with Crippen molar-refractivity contribution in [1.29, 1.82) is 0 Å². The molecule has 0 unspecified atom stereocenters. The van der Waals surface area contributed by atoms with Crippen LogP contribution in [0.4, 0.5) is 5.95 Å². The number of carbonyl (C=O) groups is 1. The van der Waals surface area contributed by atoms with E-state index in [9.17, 15) is 4.79 Å². The van der Waals surface area contributed by atoms with Gasteiger partial charge in [0, 0.05) is 50.5 Å². The molecule has 7 nitrogen and oxygen atoms in total. The summed E-state index contributed by atoms with van der Waals surface area (Å²) < 4.78 is 0. The third-order valence-corrected chi connectivity index (χ3v) is 7.29. The third kappa shape index (κ3) is 5.95. The highest BCUT2D eigenvalue weighted by molar-refractivity contribution is 5.76. The Kier molecular flexibility index (Phi) is 8.67. The van der Waals surface area contributed by atoms with Crippen molar-refractivity contribution in [2.75, 3.05) is 51.5 Å². The van der Waals surface area contributed by atoms with E-state index in [0.29, 0.717) is 36.2 Å². The topological polar surface area (TPSA) is 78.6 Å². The Morgan fingerprint density at radius 1 is 1.16 bits per heavy atom. The fourth-order valence-corrected chi connectivity index (χ4v) is 5.55. The summed E-state index contributed by atoms with van der Waals surface area (Å²) in [5.41, 5.74) is 8.22. The minimum atomic E-state index is 0.317. The summed E-state index contributed by atoms with van der Waals surface area (Å²) in [7, 11) is 0. The Morgan fingerprint density at radius 2 is 1.94 bits per heavy atom. The van der Waals surface area contributed by atoms with E-state index in [2.05, 4.69) is 52.4 Å². The number of rotatable bonds is 10. The average molecular weight is 431 g/mol. The number of hydrogen-bond donors (Lipinski definition) is 1. The molecule has 1 saturated heterocycles. The zero-order valence-electron chi connectivity index (χ0n) is 20.0. The Hall–Kier alpha value is -1.73. The van der Waals surface area contributed by atoms with Crippen LogP contribution >= 0.6 is 0 Å². The van der Waals surface area contributed by atoms with Gasteiger partial charge in [0.15, 0.2) is 0 Å². The summed E-state index contributed by atoms with van der Waals surface area (Å²) in [6.45, 7) is 15.5. The molecule has 1 aliphatic carbocycles. The predicted octanol–water partition coefficient (Wildman–Crippen LogP) is 2.45. The smallest absolute Gasteiger partial charge is 0.222 e.